The Morgan fingerprint density at radius 3 is 2.57 bits per heavy atom. The van der Waals surface area contributed by atoms with Gasteiger partial charge in [-0.1, -0.05) is 30.3 Å². The molecule has 6 nitrogen and oxygen atoms in total. The topological polar surface area (TPSA) is 65.6 Å². The Morgan fingerprint density at radius 2 is 1.83 bits per heavy atom. The zero-order valence-electron chi connectivity index (χ0n) is 17.4. The van der Waals surface area contributed by atoms with Crippen LogP contribution < -0.4 is 4.74 Å². The van der Waals surface area contributed by atoms with E-state index in [-0.39, 0.29) is 18.4 Å². The number of nitrogens with one attached hydrogen (secondary N) is 1. The third-order valence-corrected chi connectivity index (χ3v) is 6.46. The first kappa shape index (κ1) is 18.7. The zero-order valence-corrected chi connectivity index (χ0v) is 17.4. The van der Waals surface area contributed by atoms with Crippen LogP contribution in [0.3, 0.4) is 0 Å². The third kappa shape index (κ3) is 2.70. The molecule has 1 N–H and O–H groups in total. The standard InChI is InChI=1S/C24H25N3O3/c1-24(2)22-18(17-6-4-5-7-19(17)25-22)12-20-23(29)26(14-21(28)27(20)24)13-15-8-10-16(30-3)11-9-15/h4-11,20,25H,12-14H2,1-3H3. The molecule has 1 atom stereocenters. The van der Waals surface area contributed by atoms with Crippen molar-refractivity contribution in [1.82, 2.24) is 14.8 Å². The average Bonchev–Trinajstić information content (AvgIpc) is 3.12. The number of ether oxygens (including phenoxy) is 1. The number of carbonyl (C=O) groups excluding carboxylic acids is 2. The van der Waals surface area contributed by atoms with Crippen molar-refractivity contribution in [3.63, 3.8) is 0 Å². The number of H-pyrrole nitrogens is 1. The molecule has 30 heavy (non-hydrogen) atoms. The molecule has 3 aromatic rings. The Labute approximate surface area is 175 Å². The van der Waals surface area contributed by atoms with Gasteiger partial charge in [0.25, 0.3) is 0 Å². The molecular formula is C24H25N3O3. The number of para-hydroxylation sites is 1. The second kappa shape index (κ2) is 6.62. The molecule has 0 radical (unpaired) electrons. The molecular weight excluding hydrogens is 378 g/mol. The number of fused-ring (bicyclic) bond motifs is 4. The quantitative estimate of drug-likeness (QED) is 0.730. The van der Waals surface area contributed by atoms with Crippen molar-refractivity contribution >= 4 is 22.7 Å². The first-order valence-corrected chi connectivity index (χ1v) is 10.2. The fraction of sp³-hybridized carbons (Fsp3) is 0.333. The lowest BCUT2D eigenvalue weighted by Gasteiger charge is -2.51. The lowest BCUT2D eigenvalue weighted by Crippen LogP contribution is -2.66. The first-order valence-electron chi connectivity index (χ1n) is 10.2. The van der Waals surface area contributed by atoms with Crippen molar-refractivity contribution in [2.75, 3.05) is 13.7 Å². The molecule has 1 aromatic heterocycles. The summed E-state index contributed by atoms with van der Waals surface area (Å²) in [4.78, 5) is 33.7. The van der Waals surface area contributed by atoms with Crippen molar-refractivity contribution in [3.8, 4) is 5.75 Å². The van der Waals surface area contributed by atoms with Gasteiger partial charge in [-0.2, -0.15) is 0 Å². The van der Waals surface area contributed by atoms with Crippen LogP contribution in [0.1, 0.15) is 30.7 Å². The van der Waals surface area contributed by atoms with E-state index in [4.69, 9.17) is 4.74 Å². The lowest BCUT2D eigenvalue weighted by atomic mass is 9.82. The molecule has 2 aromatic carbocycles. The maximum atomic E-state index is 13.5. The normalized spacial score (nSPS) is 20.3. The number of piperazine rings is 1. The van der Waals surface area contributed by atoms with Gasteiger partial charge in [0.15, 0.2) is 0 Å². The molecule has 0 aliphatic carbocycles. The van der Waals surface area contributed by atoms with E-state index in [0.717, 1.165) is 33.5 Å². The van der Waals surface area contributed by atoms with Crippen molar-refractivity contribution in [2.45, 2.75) is 38.4 Å². The summed E-state index contributed by atoms with van der Waals surface area (Å²) in [6.07, 6.45) is 0.534. The highest BCUT2D eigenvalue weighted by Crippen LogP contribution is 2.42. The molecule has 6 heteroatoms. The van der Waals surface area contributed by atoms with Gasteiger partial charge < -0.3 is 19.5 Å². The highest BCUT2D eigenvalue weighted by atomic mass is 16.5. The predicted octanol–water partition coefficient (Wildman–Crippen LogP) is 3.21. The highest BCUT2D eigenvalue weighted by molar-refractivity contribution is 5.97. The number of aromatic amines is 1. The summed E-state index contributed by atoms with van der Waals surface area (Å²) in [7, 11) is 1.63. The summed E-state index contributed by atoms with van der Waals surface area (Å²) in [5.74, 6) is 0.767. The van der Waals surface area contributed by atoms with Gasteiger partial charge in [0.05, 0.1) is 12.6 Å². The van der Waals surface area contributed by atoms with Gasteiger partial charge in [0.1, 0.15) is 18.3 Å². The minimum atomic E-state index is -0.573. The van der Waals surface area contributed by atoms with E-state index in [1.54, 1.807) is 16.9 Å². The van der Waals surface area contributed by atoms with E-state index >= 15 is 0 Å². The van der Waals surface area contributed by atoms with Gasteiger partial charge in [0, 0.05) is 29.6 Å². The van der Waals surface area contributed by atoms with Crippen molar-refractivity contribution in [1.29, 1.82) is 0 Å². The molecule has 0 spiro atoms. The number of carbonyl (C=O) groups is 2. The Balaban J connectivity index is 1.50. The fourth-order valence-corrected chi connectivity index (χ4v) is 5.03. The number of aromatic nitrogens is 1. The summed E-state index contributed by atoms with van der Waals surface area (Å²) >= 11 is 0. The monoisotopic (exact) mass is 403 g/mol. The molecule has 0 bridgehead atoms. The van der Waals surface area contributed by atoms with Crippen LogP contribution in [0.4, 0.5) is 0 Å². The predicted molar refractivity (Wildman–Crippen MR) is 114 cm³/mol. The number of benzene rings is 2. The van der Waals surface area contributed by atoms with Crippen molar-refractivity contribution in [3.05, 3.63) is 65.4 Å². The smallest absolute Gasteiger partial charge is 0.246 e. The molecule has 1 fully saturated rings. The summed E-state index contributed by atoms with van der Waals surface area (Å²) in [5, 5.41) is 1.13. The summed E-state index contributed by atoms with van der Waals surface area (Å²) in [5.41, 5.74) is 3.63. The average molecular weight is 403 g/mol. The van der Waals surface area contributed by atoms with E-state index < -0.39 is 11.6 Å². The molecule has 2 aliphatic heterocycles. The van der Waals surface area contributed by atoms with E-state index in [1.807, 2.05) is 56.3 Å². The minimum Gasteiger partial charge on any atom is -0.497 e. The molecule has 2 amide bonds. The molecule has 2 aliphatic rings. The van der Waals surface area contributed by atoms with Gasteiger partial charge in [-0.25, -0.2) is 0 Å². The molecule has 0 saturated carbocycles. The number of hydrogen-bond donors (Lipinski definition) is 1. The van der Waals surface area contributed by atoms with Crippen LogP contribution in [0.15, 0.2) is 48.5 Å². The largest absolute Gasteiger partial charge is 0.497 e. The van der Waals surface area contributed by atoms with Crippen LogP contribution in [0.5, 0.6) is 5.75 Å². The van der Waals surface area contributed by atoms with E-state index in [0.29, 0.717) is 13.0 Å². The van der Waals surface area contributed by atoms with E-state index in [2.05, 4.69) is 11.1 Å². The maximum absolute atomic E-state index is 13.5. The van der Waals surface area contributed by atoms with E-state index in [1.165, 1.54) is 0 Å². The van der Waals surface area contributed by atoms with Gasteiger partial charge in [0.2, 0.25) is 11.8 Å². The summed E-state index contributed by atoms with van der Waals surface area (Å²) < 4.78 is 5.21. The SMILES string of the molecule is COc1ccc(CN2CC(=O)N3C(Cc4c([nH]c5ccccc45)C3(C)C)C2=O)cc1. The Bertz CT molecular complexity index is 1150. The van der Waals surface area contributed by atoms with Gasteiger partial charge in [-0.3, -0.25) is 9.59 Å². The van der Waals surface area contributed by atoms with Crippen LogP contribution >= 0.6 is 0 Å². The zero-order chi connectivity index (χ0) is 21.0. The summed E-state index contributed by atoms with van der Waals surface area (Å²) in [6, 6.07) is 15.3. The third-order valence-electron chi connectivity index (χ3n) is 6.46. The van der Waals surface area contributed by atoms with Gasteiger partial charge in [-0.15, -0.1) is 0 Å². The number of hydrogen-bond acceptors (Lipinski definition) is 3. The Kier molecular flexibility index (Phi) is 4.13. The Hall–Kier alpha value is -3.28. The number of rotatable bonds is 3. The molecule has 1 unspecified atom stereocenters. The van der Waals surface area contributed by atoms with Crippen molar-refractivity contribution in [2.24, 2.45) is 0 Å². The summed E-state index contributed by atoms with van der Waals surface area (Å²) in [6.45, 7) is 4.57. The first-order chi connectivity index (χ1) is 14.4. The Morgan fingerprint density at radius 1 is 1.10 bits per heavy atom. The van der Waals surface area contributed by atoms with Crippen LogP contribution in [0.2, 0.25) is 0 Å². The number of methoxy groups -OCH3 is 1. The van der Waals surface area contributed by atoms with Crippen molar-refractivity contribution < 1.29 is 14.3 Å². The van der Waals surface area contributed by atoms with Gasteiger partial charge >= 0.3 is 0 Å². The number of nitrogens with zero attached hydrogens (tertiary/aromatic N) is 2. The second-order valence-corrected chi connectivity index (χ2v) is 8.61. The fourth-order valence-electron chi connectivity index (χ4n) is 5.03. The molecule has 3 heterocycles. The van der Waals surface area contributed by atoms with Crippen LogP contribution in [-0.4, -0.2) is 46.3 Å². The second-order valence-electron chi connectivity index (χ2n) is 8.61. The molecule has 5 rings (SSSR count). The minimum absolute atomic E-state index is 0.00873. The van der Waals surface area contributed by atoms with E-state index in [9.17, 15) is 9.59 Å². The highest BCUT2D eigenvalue weighted by Gasteiger charge is 2.51. The molecule has 1 saturated heterocycles. The van der Waals surface area contributed by atoms with Crippen LogP contribution in [-0.2, 0) is 28.1 Å². The maximum Gasteiger partial charge on any atom is 0.246 e. The van der Waals surface area contributed by atoms with Crippen LogP contribution in [0, 0.1) is 0 Å². The molecule has 154 valence electrons. The van der Waals surface area contributed by atoms with Gasteiger partial charge in [-0.05, 0) is 43.2 Å². The number of amides is 2. The van der Waals surface area contributed by atoms with Crippen LogP contribution in [0.25, 0.3) is 10.9 Å². The lowest BCUT2D eigenvalue weighted by molar-refractivity contribution is -0.164.